The van der Waals surface area contributed by atoms with Gasteiger partial charge in [0.05, 0.1) is 33.4 Å². The van der Waals surface area contributed by atoms with E-state index in [0.717, 1.165) is 76.8 Å². The number of aryl methyl sites for hydroxylation is 3. The number of fused-ring (bicyclic) bond motifs is 16. The van der Waals surface area contributed by atoms with Crippen molar-refractivity contribution in [1.29, 1.82) is 0 Å². The molecule has 0 amide bonds. The number of aromatic nitrogens is 5. The molecule has 53 heavy (non-hydrogen) atoms. The van der Waals surface area contributed by atoms with Crippen molar-refractivity contribution in [2.45, 2.75) is 20.8 Å². The van der Waals surface area contributed by atoms with E-state index >= 15 is 0 Å². The average Bonchev–Trinajstić information content (AvgIpc) is 3.75. The van der Waals surface area contributed by atoms with E-state index in [0.29, 0.717) is 11.5 Å². The fraction of sp³-hybridized carbons (Fsp3) is 0.0652. The van der Waals surface area contributed by atoms with Crippen LogP contribution in [0, 0.1) is 32.9 Å². The Kier molecular flexibility index (Phi) is 6.97. The minimum absolute atomic E-state index is 0. The number of imidazole rings is 2. The predicted molar refractivity (Wildman–Crippen MR) is 211 cm³/mol. The van der Waals surface area contributed by atoms with Crippen LogP contribution in [0.15, 0.2) is 121 Å². The Hall–Kier alpha value is -6.13. The molecule has 0 spiro atoms. The van der Waals surface area contributed by atoms with Gasteiger partial charge in [0, 0.05) is 23.2 Å². The Morgan fingerprint density at radius 3 is 1.79 bits per heavy atom. The van der Waals surface area contributed by atoms with E-state index in [2.05, 4.69) is 115 Å². The van der Waals surface area contributed by atoms with Crippen molar-refractivity contribution in [2.24, 2.45) is 0 Å². The van der Waals surface area contributed by atoms with Crippen molar-refractivity contribution in [3.8, 4) is 22.6 Å². The number of nitrogens with zero attached hydrogens (tertiary/aromatic N) is 5. The molecule has 11 rings (SSSR count). The summed E-state index contributed by atoms with van der Waals surface area (Å²) < 4.78 is 11.0. The van der Waals surface area contributed by atoms with Crippen LogP contribution in [0.3, 0.4) is 0 Å². The summed E-state index contributed by atoms with van der Waals surface area (Å²) in [6.07, 6.45) is 1.83. The zero-order valence-corrected chi connectivity index (χ0v) is 30.6. The standard InChI is InChI=1S/C46H29N5O.Pd/c1-26-21-27(2)43(28(3)22-26)29-14-17-34-32-18-15-30(24-36(32)45-48-38-10-4-6-12-40(38)50(45)42(34)23-29)52-31-16-19-33-35-9-8-20-47-44(35)51-41-13-7-5-11-39(41)49-46(51)37(33)25-31;/h4-23H,1-3H3;/q-2;+2. The second-order valence-electron chi connectivity index (χ2n) is 13.7. The fourth-order valence-electron chi connectivity index (χ4n) is 8.35. The molecule has 0 unspecified atom stereocenters. The maximum absolute atomic E-state index is 6.58. The molecule has 0 saturated carbocycles. The van der Waals surface area contributed by atoms with Gasteiger partial charge in [0.15, 0.2) is 0 Å². The Morgan fingerprint density at radius 2 is 1.11 bits per heavy atom. The van der Waals surface area contributed by atoms with Gasteiger partial charge in [0.1, 0.15) is 5.65 Å². The first-order valence-electron chi connectivity index (χ1n) is 17.5. The first kappa shape index (κ1) is 31.6. The van der Waals surface area contributed by atoms with Crippen molar-refractivity contribution in [3.63, 3.8) is 0 Å². The average molecular weight is 774 g/mol. The maximum atomic E-state index is 6.58. The quantitative estimate of drug-likeness (QED) is 0.102. The van der Waals surface area contributed by atoms with Gasteiger partial charge < -0.3 is 13.5 Å². The Labute approximate surface area is 318 Å². The zero-order chi connectivity index (χ0) is 34.7. The Bertz CT molecular complexity index is 3300. The van der Waals surface area contributed by atoms with Gasteiger partial charge in [-0.25, -0.2) is 4.98 Å². The zero-order valence-electron chi connectivity index (χ0n) is 29.0. The van der Waals surface area contributed by atoms with Crippen LogP contribution in [-0.4, -0.2) is 23.8 Å². The van der Waals surface area contributed by atoms with Crippen LogP contribution in [0.5, 0.6) is 11.5 Å². The summed E-state index contributed by atoms with van der Waals surface area (Å²) in [7, 11) is 0. The summed E-state index contributed by atoms with van der Waals surface area (Å²) in [4.78, 5) is 14.9. The molecule has 0 aliphatic rings. The Morgan fingerprint density at radius 1 is 0.528 bits per heavy atom. The van der Waals surface area contributed by atoms with Gasteiger partial charge in [-0.1, -0.05) is 106 Å². The van der Waals surface area contributed by atoms with Crippen LogP contribution >= 0.6 is 0 Å². The van der Waals surface area contributed by atoms with Gasteiger partial charge in [-0.05, 0) is 90.2 Å². The minimum Gasteiger partial charge on any atom is -0.497 e. The normalized spacial score (nSPS) is 11.9. The van der Waals surface area contributed by atoms with Gasteiger partial charge in [-0.3, -0.25) is 9.97 Å². The fourth-order valence-corrected chi connectivity index (χ4v) is 8.35. The van der Waals surface area contributed by atoms with E-state index in [9.17, 15) is 0 Å². The monoisotopic (exact) mass is 773 g/mol. The minimum atomic E-state index is 0. The molecule has 7 heteroatoms. The summed E-state index contributed by atoms with van der Waals surface area (Å²) in [5.41, 5.74) is 13.8. The first-order chi connectivity index (χ1) is 25.5. The van der Waals surface area contributed by atoms with Crippen LogP contribution in [0.1, 0.15) is 16.7 Å². The third-order valence-corrected chi connectivity index (χ3v) is 10.4. The topological polar surface area (TPSA) is 56.7 Å². The Balaban J connectivity index is 0.00000349. The second kappa shape index (κ2) is 11.7. The summed E-state index contributed by atoms with van der Waals surface area (Å²) in [6.45, 7) is 6.55. The number of para-hydroxylation sites is 4. The van der Waals surface area contributed by atoms with E-state index in [1.54, 1.807) is 0 Å². The number of hydrogen-bond donors (Lipinski definition) is 0. The van der Waals surface area contributed by atoms with Crippen molar-refractivity contribution in [1.82, 2.24) is 23.8 Å². The summed E-state index contributed by atoms with van der Waals surface area (Å²) in [6, 6.07) is 47.2. The van der Waals surface area contributed by atoms with Gasteiger partial charge in [0.25, 0.3) is 0 Å². The molecular formula is C46H29N5OPd. The van der Waals surface area contributed by atoms with Crippen molar-refractivity contribution < 1.29 is 25.2 Å². The second-order valence-corrected chi connectivity index (χ2v) is 13.7. The third-order valence-electron chi connectivity index (χ3n) is 10.4. The maximum Gasteiger partial charge on any atom is 2.00 e. The van der Waals surface area contributed by atoms with Crippen LogP contribution in [0.4, 0.5) is 0 Å². The molecule has 11 aromatic rings. The van der Waals surface area contributed by atoms with Crippen molar-refractivity contribution in [3.05, 3.63) is 150 Å². The molecule has 0 aliphatic carbocycles. The van der Waals surface area contributed by atoms with Crippen molar-refractivity contribution >= 4 is 76.8 Å². The number of pyridine rings is 3. The van der Waals surface area contributed by atoms with E-state index < -0.39 is 0 Å². The van der Waals surface area contributed by atoms with E-state index in [1.807, 2.05) is 48.7 Å². The smallest absolute Gasteiger partial charge is 0.497 e. The van der Waals surface area contributed by atoms with Crippen LogP contribution in [-0.2, 0) is 20.4 Å². The van der Waals surface area contributed by atoms with Gasteiger partial charge >= 0.3 is 20.4 Å². The molecule has 5 aromatic heterocycles. The molecule has 0 saturated heterocycles. The third kappa shape index (κ3) is 4.64. The van der Waals surface area contributed by atoms with Crippen LogP contribution in [0.2, 0.25) is 0 Å². The molecule has 0 radical (unpaired) electrons. The molecule has 0 bridgehead atoms. The first-order valence-corrected chi connectivity index (χ1v) is 17.5. The summed E-state index contributed by atoms with van der Waals surface area (Å²) in [5.74, 6) is 1.17. The van der Waals surface area contributed by atoms with Gasteiger partial charge in [-0.15, -0.1) is 12.1 Å². The van der Waals surface area contributed by atoms with E-state index in [-0.39, 0.29) is 20.4 Å². The number of hydrogen-bond acceptors (Lipinski definition) is 4. The molecule has 5 heterocycles. The molecule has 0 fully saturated rings. The van der Waals surface area contributed by atoms with Gasteiger partial charge in [0.2, 0.25) is 0 Å². The molecule has 0 atom stereocenters. The summed E-state index contributed by atoms with van der Waals surface area (Å²) >= 11 is 0. The molecule has 6 nitrogen and oxygen atoms in total. The SMILES string of the molecule is Cc1cc(C)c(-c2ccc3c4ccc(Oc5[c-]c6c(cc5)c5cccnc5n5c7ccccc7nc65)[c-]c4c4nc5ccccc5n4c3c2)c(C)c1.[Pd+2]. The van der Waals surface area contributed by atoms with Crippen LogP contribution in [0.25, 0.3) is 88.0 Å². The molecule has 254 valence electrons. The number of rotatable bonds is 3. The molecule has 0 N–H and O–H groups in total. The molecule has 6 aromatic carbocycles. The van der Waals surface area contributed by atoms with Crippen molar-refractivity contribution in [2.75, 3.05) is 0 Å². The van der Waals surface area contributed by atoms with Gasteiger partial charge in [-0.2, -0.15) is 0 Å². The summed E-state index contributed by atoms with van der Waals surface area (Å²) in [5, 5.41) is 6.03. The largest absolute Gasteiger partial charge is 2.00 e. The van der Waals surface area contributed by atoms with Crippen LogP contribution < -0.4 is 4.74 Å². The number of ether oxygens (including phenoxy) is 1. The van der Waals surface area contributed by atoms with E-state index in [4.69, 9.17) is 19.7 Å². The predicted octanol–water partition coefficient (Wildman–Crippen LogP) is 11.3. The number of benzene rings is 6. The van der Waals surface area contributed by atoms with E-state index in [1.165, 1.54) is 27.8 Å². The molecule has 0 aliphatic heterocycles. The molecular weight excluding hydrogens is 745 g/mol.